The molecule has 3 aromatic carbocycles. The van der Waals surface area contributed by atoms with Gasteiger partial charge < -0.3 is 10.2 Å². The minimum Gasteiger partial charge on any atom is -0.354 e. The van der Waals surface area contributed by atoms with Gasteiger partial charge in [-0.15, -0.1) is 0 Å². The minimum atomic E-state index is -0.570. The molecular formula is C25H23ClN2O2. The first-order chi connectivity index (χ1) is 14.6. The minimum absolute atomic E-state index is 0.138. The third kappa shape index (κ3) is 4.39. The van der Waals surface area contributed by atoms with Gasteiger partial charge in [-0.05, 0) is 35.2 Å². The average molecular weight is 419 g/mol. The molecule has 0 saturated carbocycles. The van der Waals surface area contributed by atoms with Crippen LogP contribution in [0.2, 0.25) is 5.02 Å². The van der Waals surface area contributed by atoms with Crippen LogP contribution in [0.5, 0.6) is 0 Å². The van der Waals surface area contributed by atoms with Crippen LogP contribution in [0.3, 0.4) is 0 Å². The van der Waals surface area contributed by atoms with E-state index in [-0.39, 0.29) is 11.8 Å². The maximum atomic E-state index is 13.3. The zero-order chi connectivity index (χ0) is 20.9. The van der Waals surface area contributed by atoms with Crippen molar-refractivity contribution < 1.29 is 9.59 Å². The molecular weight excluding hydrogens is 396 g/mol. The van der Waals surface area contributed by atoms with Crippen molar-refractivity contribution in [2.75, 3.05) is 6.54 Å². The van der Waals surface area contributed by atoms with Crippen molar-refractivity contribution >= 4 is 23.4 Å². The van der Waals surface area contributed by atoms with E-state index in [9.17, 15) is 9.59 Å². The molecule has 0 bridgehead atoms. The number of carbonyl (C=O) groups excluding carboxylic acids is 2. The number of nitrogens with zero attached hydrogens (tertiary/aromatic N) is 1. The Kier molecular flexibility index (Phi) is 6.15. The van der Waals surface area contributed by atoms with Crippen LogP contribution in [0.15, 0.2) is 78.9 Å². The summed E-state index contributed by atoms with van der Waals surface area (Å²) in [5, 5.41) is 3.41. The molecule has 0 saturated heterocycles. The third-order valence-corrected chi connectivity index (χ3v) is 5.80. The molecule has 3 aromatic rings. The fourth-order valence-corrected chi connectivity index (χ4v) is 4.07. The van der Waals surface area contributed by atoms with Gasteiger partial charge in [0.15, 0.2) is 0 Å². The lowest BCUT2D eigenvalue weighted by atomic mass is 9.92. The molecule has 0 aliphatic carbocycles. The summed E-state index contributed by atoms with van der Waals surface area (Å²) in [7, 11) is 0. The van der Waals surface area contributed by atoms with Crippen LogP contribution in [0.4, 0.5) is 0 Å². The third-order valence-electron chi connectivity index (χ3n) is 5.47. The van der Waals surface area contributed by atoms with Crippen molar-refractivity contribution in [3.63, 3.8) is 0 Å². The van der Waals surface area contributed by atoms with E-state index in [1.54, 1.807) is 29.2 Å². The lowest BCUT2D eigenvalue weighted by Gasteiger charge is -2.36. The van der Waals surface area contributed by atoms with Gasteiger partial charge in [0.05, 0.1) is 10.6 Å². The topological polar surface area (TPSA) is 49.4 Å². The molecule has 1 aliphatic rings. The molecule has 4 rings (SSSR count). The highest BCUT2D eigenvalue weighted by Gasteiger charge is 2.35. The zero-order valence-corrected chi connectivity index (χ0v) is 17.3. The Morgan fingerprint density at radius 1 is 0.900 bits per heavy atom. The normalized spacial score (nSPS) is 15.4. The van der Waals surface area contributed by atoms with Gasteiger partial charge in [-0.1, -0.05) is 78.3 Å². The van der Waals surface area contributed by atoms with Crippen LogP contribution >= 0.6 is 11.6 Å². The number of benzene rings is 3. The first kappa shape index (κ1) is 20.2. The second-order valence-electron chi connectivity index (χ2n) is 7.43. The second-order valence-corrected chi connectivity index (χ2v) is 7.84. The molecule has 0 fully saturated rings. The summed E-state index contributed by atoms with van der Waals surface area (Å²) in [5.74, 6) is -0.362. The molecule has 1 heterocycles. The first-order valence-corrected chi connectivity index (χ1v) is 10.4. The van der Waals surface area contributed by atoms with Gasteiger partial charge >= 0.3 is 0 Å². The van der Waals surface area contributed by atoms with E-state index < -0.39 is 6.04 Å². The largest absolute Gasteiger partial charge is 0.354 e. The lowest BCUT2D eigenvalue weighted by molar-refractivity contribution is -0.126. The van der Waals surface area contributed by atoms with E-state index >= 15 is 0 Å². The standard InChI is InChI=1S/C25H23ClN2O2/c26-22-13-7-6-12-21(22)25(30)28-17-20-11-5-4-10-19(20)16-23(28)24(29)27-15-14-18-8-2-1-3-9-18/h1-13,23H,14-17H2,(H,27,29). The van der Waals surface area contributed by atoms with E-state index in [1.807, 2.05) is 54.6 Å². The number of hydrogen-bond acceptors (Lipinski definition) is 2. The Morgan fingerprint density at radius 3 is 2.33 bits per heavy atom. The maximum Gasteiger partial charge on any atom is 0.256 e. The molecule has 1 unspecified atom stereocenters. The summed E-state index contributed by atoms with van der Waals surface area (Å²) in [6, 6.07) is 24.4. The van der Waals surface area contributed by atoms with Crippen molar-refractivity contribution in [1.82, 2.24) is 10.2 Å². The van der Waals surface area contributed by atoms with E-state index in [0.29, 0.717) is 30.1 Å². The fraction of sp³-hybridized carbons (Fsp3) is 0.200. The van der Waals surface area contributed by atoms with Crippen LogP contribution in [0.1, 0.15) is 27.0 Å². The maximum absolute atomic E-state index is 13.3. The summed E-state index contributed by atoms with van der Waals surface area (Å²) < 4.78 is 0. The van der Waals surface area contributed by atoms with Gasteiger partial charge in [0, 0.05) is 19.5 Å². The SMILES string of the molecule is O=C(NCCc1ccccc1)C1Cc2ccccc2CN1C(=O)c1ccccc1Cl. The van der Waals surface area contributed by atoms with Crippen molar-refractivity contribution in [1.29, 1.82) is 0 Å². The predicted octanol–water partition coefficient (Wildman–Crippen LogP) is 4.27. The van der Waals surface area contributed by atoms with E-state index in [2.05, 4.69) is 5.32 Å². The number of halogens is 1. The molecule has 0 radical (unpaired) electrons. The van der Waals surface area contributed by atoms with Crippen molar-refractivity contribution in [3.8, 4) is 0 Å². The Labute approximate surface area is 181 Å². The van der Waals surface area contributed by atoms with Crippen LogP contribution in [-0.2, 0) is 24.2 Å². The first-order valence-electron chi connectivity index (χ1n) is 10.1. The number of nitrogens with one attached hydrogen (secondary N) is 1. The van der Waals surface area contributed by atoms with E-state index in [0.717, 1.165) is 23.1 Å². The lowest BCUT2D eigenvalue weighted by Crippen LogP contribution is -2.52. The Bertz CT molecular complexity index is 1050. The summed E-state index contributed by atoms with van der Waals surface area (Å²) in [6.45, 7) is 0.909. The fourth-order valence-electron chi connectivity index (χ4n) is 3.85. The monoisotopic (exact) mass is 418 g/mol. The van der Waals surface area contributed by atoms with Gasteiger partial charge in [0.25, 0.3) is 5.91 Å². The number of rotatable bonds is 5. The molecule has 4 nitrogen and oxygen atoms in total. The summed E-state index contributed by atoms with van der Waals surface area (Å²) >= 11 is 6.27. The molecule has 1 atom stereocenters. The molecule has 2 amide bonds. The highest BCUT2D eigenvalue weighted by Crippen LogP contribution is 2.27. The van der Waals surface area contributed by atoms with E-state index in [1.165, 1.54) is 0 Å². The predicted molar refractivity (Wildman–Crippen MR) is 118 cm³/mol. The van der Waals surface area contributed by atoms with Crippen LogP contribution < -0.4 is 5.32 Å². The molecule has 5 heteroatoms. The van der Waals surface area contributed by atoms with Gasteiger partial charge in [-0.3, -0.25) is 9.59 Å². The molecule has 152 valence electrons. The van der Waals surface area contributed by atoms with Gasteiger partial charge in [-0.25, -0.2) is 0 Å². The molecule has 0 aromatic heterocycles. The van der Waals surface area contributed by atoms with Gasteiger partial charge in [-0.2, -0.15) is 0 Å². The Hall–Kier alpha value is -3.11. The highest BCUT2D eigenvalue weighted by atomic mass is 35.5. The second kappa shape index (κ2) is 9.14. The summed E-state index contributed by atoms with van der Waals surface area (Å²) in [4.78, 5) is 28.0. The number of amides is 2. The molecule has 0 spiro atoms. The van der Waals surface area contributed by atoms with Crippen LogP contribution in [0, 0.1) is 0 Å². The highest BCUT2D eigenvalue weighted by molar-refractivity contribution is 6.33. The van der Waals surface area contributed by atoms with Gasteiger partial charge in [0.1, 0.15) is 6.04 Å². The molecule has 1 N–H and O–H groups in total. The Morgan fingerprint density at radius 2 is 1.57 bits per heavy atom. The van der Waals surface area contributed by atoms with Crippen molar-refractivity contribution in [3.05, 3.63) is 106 Å². The van der Waals surface area contributed by atoms with Crippen molar-refractivity contribution in [2.45, 2.75) is 25.4 Å². The number of hydrogen-bond donors (Lipinski definition) is 1. The number of carbonyl (C=O) groups is 2. The Balaban J connectivity index is 1.54. The smallest absolute Gasteiger partial charge is 0.256 e. The average Bonchev–Trinajstić information content (AvgIpc) is 2.78. The van der Waals surface area contributed by atoms with Crippen LogP contribution in [-0.4, -0.2) is 29.3 Å². The van der Waals surface area contributed by atoms with Crippen LogP contribution in [0.25, 0.3) is 0 Å². The van der Waals surface area contributed by atoms with E-state index in [4.69, 9.17) is 11.6 Å². The number of fused-ring (bicyclic) bond motifs is 1. The quantitative estimate of drug-likeness (QED) is 0.672. The van der Waals surface area contributed by atoms with Gasteiger partial charge in [0.2, 0.25) is 5.91 Å². The van der Waals surface area contributed by atoms with Crippen molar-refractivity contribution in [2.24, 2.45) is 0 Å². The zero-order valence-electron chi connectivity index (χ0n) is 16.6. The molecule has 1 aliphatic heterocycles. The molecule has 30 heavy (non-hydrogen) atoms. The summed E-state index contributed by atoms with van der Waals surface area (Å²) in [5.41, 5.74) is 3.74. The summed E-state index contributed by atoms with van der Waals surface area (Å²) in [6.07, 6.45) is 1.23.